The Morgan fingerprint density at radius 1 is 1.36 bits per heavy atom. The Bertz CT molecular complexity index is 375. The number of alkyl halides is 3. The van der Waals surface area contributed by atoms with Crippen LogP contribution in [0, 0.1) is 0 Å². The molecule has 1 aromatic rings. The average molecular weight is 224 g/mol. The van der Waals surface area contributed by atoms with Gasteiger partial charge in [0.05, 0.1) is 16.3 Å². The van der Waals surface area contributed by atoms with Crippen molar-refractivity contribution >= 4 is 23.1 Å². The molecule has 0 spiro atoms. The van der Waals surface area contributed by atoms with Crippen LogP contribution in [-0.2, 0) is 0 Å². The molecule has 1 rings (SSSR count). The highest BCUT2D eigenvalue weighted by Crippen LogP contribution is 2.28. The molecule has 0 unspecified atom stereocenters. The van der Waals surface area contributed by atoms with Gasteiger partial charge in [-0.2, -0.15) is 13.2 Å². The third-order valence-electron chi connectivity index (χ3n) is 1.56. The molecule has 14 heavy (non-hydrogen) atoms. The van der Waals surface area contributed by atoms with Gasteiger partial charge in [-0.25, -0.2) is 0 Å². The van der Waals surface area contributed by atoms with Crippen molar-refractivity contribution in [2.75, 3.05) is 5.73 Å². The maximum atomic E-state index is 12.0. The van der Waals surface area contributed by atoms with E-state index in [4.69, 9.17) is 17.3 Å². The lowest BCUT2D eigenvalue weighted by Crippen LogP contribution is -2.23. The Balaban J connectivity index is 3.21. The van der Waals surface area contributed by atoms with Crippen LogP contribution in [0.2, 0.25) is 5.02 Å². The maximum absolute atomic E-state index is 12.0. The molecule has 76 valence electrons. The van der Waals surface area contributed by atoms with Crippen LogP contribution >= 0.6 is 11.6 Å². The van der Waals surface area contributed by atoms with Crippen LogP contribution in [0.1, 0.15) is 10.4 Å². The first-order valence-corrected chi connectivity index (χ1v) is 3.87. The number of carbonyl (C=O) groups is 1. The molecule has 0 saturated carbocycles. The number of carbonyl (C=O) groups excluding carboxylic acids is 1. The van der Waals surface area contributed by atoms with Crippen LogP contribution in [0.15, 0.2) is 18.2 Å². The highest BCUT2D eigenvalue weighted by Gasteiger charge is 2.40. The fraction of sp³-hybridized carbons (Fsp3) is 0.125. The fourth-order valence-corrected chi connectivity index (χ4v) is 1.06. The minimum atomic E-state index is -4.93. The van der Waals surface area contributed by atoms with E-state index >= 15 is 0 Å². The van der Waals surface area contributed by atoms with Crippen LogP contribution < -0.4 is 5.73 Å². The Hall–Kier alpha value is -1.23. The summed E-state index contributed by atoms with van der Waals surface area (Å²) < 4.78 is 36.0. The number of nitrogens with two attached hydrogens (primary N) is 1. The molecule has 0 heterocycles. The average Bonchev–Trinajstić information content (AvgIpc) is 2.07. The van der Waals surface area contributed by atoms with E-state index in [9.17, 15) is 18.0 Å². The van der Waals surface area contributed by atoms with E-state index in [0.29, 0.717) is 0 Å². The second kappa shape index (κ2) is 3.49. The van der Waals surface area contributed by atoms with Gasteiger partial charge in [-0.15, -0.1) is 0 Å². The number of ketones is 1. The molecule has 0 radical (unpaired) electrons. The summed E-state index contributed by atoms with van der Waals surface area (Å²) in [6.07, 6.45) is -4.93. The van der Waals surface area contributed by atoms with Crippen LogP contribution in [0.5, 0.6) is 0 Å². The number of hydrogen-bond acceptors (Lipinski definition) is 2. The topological polar surface area (TPSA) is 43.1 Å². The number of benzene rings is 1. The lowest BCUT2D eigenvalue weighted by Gasteiger charge is -2.08. The van der Waals surface area contributed by atoms with E-state index in [1.807, 2.05) is 0 Å². The normalized spacial score (nSPS) is 11.4. The van der Waals surface area contributed by atoms with Crippen molar-refractivity contribution in [2.24, 2.45) is 0 Å². The zero-order chi connectivity index (χ0) is 10.9. The van der Waals surface area contributed by atoms with Gasteiger partial charge in [0.2, 0.25) is 0 Å². The zero-order valence-corrected chi connectivity index (χ0v) is 7.49. The number of anilines is 1. The lowest BCUT2D eigenvalue weighted by atomic mass is 10.1. The van der Waals surface area contributed by atoms with Crippen LogP contribution in [0.3, 0.4) is 0 Å². The van der Waals surface area contributed by atoms with E-state index in [1.54, 1.807) is 0 Å². The molecule has 6 heteroatoms. The summed E-state index contributed by atoms with van der Waals surface area (Å²) >= 11 is 5.46. The van der Waals surface area contributed by atoms with Gasteiger partial charge in [0.25, 0.3) is 5.78 Å². The van der Waals surface area contributed by atoms with Gasteiger partial charge in [0.15, 0.2) is 0 Å². The van der Waals surface area contributed by atoms with E-state index in [-0.39, 0.29) is 10.7 Å². The fourth-order valence-electron chi connectivity index (χ4n) is 0.888. The van der Waals surface area contributed by atoms with Crippen molar-refractivity contribution in [1.82, 2.24) is 0 Å². The van der Waals surface area contributed by atoms with Gasteiger partial charge in [-0.1, -0.05) is 17.7 Å². The van der Waals surface area contributed by atoms with Crippen molar-refractivity contribution in [3.63, 3.8) is 0 Å². The van der Waals surface area contributed by atoms with E-state index in [1.165, 1.54) is 12.1 Å². The monoisotopic (exact) mass is 223 g/mol. The molecular formula is C8H5ClF3NO. The summed E-state index contributed by atoms with van der Waals surface area (Å²) in [5.74, 6) is -1.99. The largest absolute Gasteiger partial charge is 0.454 e. The molecule has 0 atom stereocenters. The summed E-state index contributed by atoms with van der Waals surface area (Å²) in [6.45, 7) is 0. The van der Waals surface area contributed by atoms with Gasteiger partial charge in [0.1, 0.15) is 0 Å². The molecule has 1 aromatic carbocycles. The molecule has 0 aliphatic heterocycles. The second-order valence-electron chi connectivity index (χ2n) is 2.53. The van der Waals surface area contributed by atoms with Crippen molar-refractivity contribution in [2.45, 2.75) is 6.18 Å². The van der Waals surface area contributed by atoms with Crippen LogP contribution in [0.25, 0.3) is 0 Å². The zero-order valence-electron chi connectivity index (χ0n) is 6.73. The number of rotatable bonds is 1. The highest BCUT2D eigenvalue weighted by molar-refractivity contribution is 6.34. The molecular weight excluding hydrogens is 219 g/mol. The van der Waals surface area contributed by atoms with E-state index in [0.717, 1.165) is 6.07 Å². The summed E-state index contributed by atoms with van der Waals surface area (Å²) in [5, 5.41) is -0.0694. The van der Waals surface area contributed by atoms with Gasteiger partial charge < -0.3 is 5.73 Å². The SMILES string of the molecule is Nc1c(Cl)cccc1C(=O)C(F)(F)F. The minimum Gasteiger partial charge on any atom is -0.397 e. The highest BCUT2D eigenvalue weighted by atomic mass is 35.5. The summed E-state index contributed by atoms with van der Waals surface area (Å²) in [4.78, 5) is 10.8. The van der Waals surface area contributed by atoms with Crippen molar-refractivity contribution in [3.05, 3.63) is 28.8 Å². The van der Waals surface area contributed by atoms with Gasteiger partial charge in [-0.3, -0.25) is 4.79 Å². The number of para-hydroxylation sites is 1. The number of nitrogen functional groups attached to an aromatic ring is 1. The van der Waals surface area contributed by atoms with Gasteiger partial charge in [-0.05, 0) is 12.1 Å². The summed E-state index contributed by atoms with van der Waals surface area (Å²) in [5.41, 5.74) is 4.26. The Kier molecular flexibility index (Phi) is 2.71. The molecule has 2 N–H and O–H groups in total. The first-order valence-electron chi connectivity index (χ1n) is 3.49. The maximum Gasteiger partial charge on any atom is 0.454 e. The predicted octanol–water partition coefficient (Wildman–Crippen LogP) is 2.67. The smallest absolute Gasteiger partial charge is 0.397 e. The van der Waals surface area contributed by atoms with Gasteiger partial charge in [0, 0.05) is 0 Å². The van der Waals surface area contributed by atoms with Crippen molar-refractivity contribution in [3.8, 4) is 0 Å². The molecule has 0 bridgehead atoms. The van der Waals surface area contributed by atoms with E-state index < -0.39 is 17.5 Å². The summed E-state index contributed by atoms with van der Waals surface area (Å²) in [7, 11) is 0. The first-order chi connectivity index (χ1) is 6.34. The number of hydrogen-bond donors (Lipinski definition) is 1. The molecule has 0 saturated heterocycles. The van der Waals surface area contributed by atoms with Gasteiger partial charge >= 0.3 is 6.18 Å². The number of halogens is 4. The number of Topliss-reactive ketones (excluding diaryl/α,β-unsaturated/α-hetero) is 1. The Morgan fingerprint density at radius 2 is 1.93 bits per heavy atom. The molecule has 0 fully saturated rings. The third-order valence-corrected chi connectivity index (χ3v) is 1.88. The Morgan fingerprint density at radius 3 is 2.43 bits per heavy atom. The third kappa shape index (κ3) is 1.98. The molecule has 0 aliphatic rings. The molecule has 2 nitrogen and oxygen atoms in total. The Labute approximate surface area is 82.5 Å². The summed E-state index contributed by atoms with van der Waals surface area (Å²) in [6, 6.07) is 3.53. The molecule has 0 amide bonds. The predicted molar refractivity (Wildman–Crippen MR) is 46.2 cm³/mol. The quantitative estimate of drug-likeness (QED) is 0.588. The van der Waals surface area contributed by atoms with Crippen LogP contribution in [-0.4, -0.2) is 12.0 Å². The van der Waals surface area contributed by atoms with Crippen LogP contribution in [0.4, 0.5) is 18.9 Å². The molecule has 0 aromatic heterocycles. The lowest BCUT2D eigenvalue weighted by molar-refractivity contribution is -0.0884. The van der Waals surface area contributed by atoms with Crippen molar-refractivity contribution < 1.29 is 18.0 Å². The standard InChI is InChI=1S/C8H5ClF3NO/c9-5-3-1-2-4(6(5)13)7(14)8(10,11)12/h1-3H,13H2. The molecule has 0 aliphatic carbocycles. The second-order valence-corrected chi connectivity index (χ2v) is 2.94. The van der Waals surface area contributed by atoms with E-state index in [2.05, 4.69) is 0 Å². The van der Waals surface area contributed by atoms with Crippen molar-refractivity contribution in [1.29, 1.82) is 0 Å². The first kappa shape index (κ1) is 10.8. The minimum absolute atomic E-state index is 0.0694.